The van der Waals surface area contributed by atoms with Gasteiger partial charge in [-0.2, -0.15) is 0 Å². The number of rotatable bonds is 2. The van der Waals surface area contributed by atoms with Crippen LogP contribution in [0.25, 0.3) is 11.1 Å². The monoisotopic (exact) mass is 292 g/mol. The van der Waals surface area contributed by atoms with Crippen LogP contribution in [0.2, 0.25) is 0 Å². The normalized spacial score (nSPS) is 18.9. The summed E-state index contributed by atoms with van der Waals surface area (Å²) in [5.74, 6) is -0.102. The van der Waals surface area contributed by atoms with Crippen LogP contribution in [0, 0.1) is 5.92 Å². The number of carbonyl (C=O) groups is 1. The quantitative estimate of drug-likeness (QED) is 0.925. The Kier molecular flexibility index (Phi) is 3.23. The van der Waals surface area contributed by atoms with E-state index in [1.54, 1.807) is 0 Å². The lowest BCUT2D eigenvalue weighted by Gasteiger charge is -2.36. The third kappa shape index (κ3) is 2.04. The first-order chi connectivity index (χ1) is 10.8. The van der Waals surface area contributed by atoms with Crippen molar-refractivity contribution in [3.05, 3.63) is 59.7 Å². The number of primary amides is 1. The molecule has 3 heteroatoms. The van der Waals surface area contributed by atoms with Crippen LogP contribution in [0.3, 0.4) is 0 Å². The number of piperidine rings is 1. The van der Waals surface area contributed by atoms with E-state index in [9.17, 15) is 4.79 Å². The van der Waals surface area contributed by atoms with E-state index in [1.165, 1.54) is 22.3 Å². The van der Waals surface area contributed by atoms with Crippen LogP contribution < -0.4 is 5.73 Å². The predicted molar refractivity (Wildman–Crippen MR) is 87.2 cm³/mol. The number of hydrogen-bond donors (Lipinski definition) is 1. The molecule has 0 unspecified atom stereocenters. The zero-order chi connectivity index (χ0) is 15.1. The van der Waals surface area contributed by atoms with Crippen LogP contribution >= 0.6 is 0 Å². The topological polar surface area (TPSA) is 46.3 Å². The van der Waals surface area contributed by atoms with Crippen molar-refractivity contribution in [2.75, 3.05) is 13.1 Å². The molecule has 1 aliphatic carbocycles. The second kappa shape index (κ2) is 5.25. The second-order valence-electron chi connectivity index (χ2n) is 6.29. The summed E-state index contributed by atoms with van der Waals surface area (Å²) in [6.07, 6.45) is 1.74. The fourth-order valence-electron chi connectivity index (χ4n) is 3.96. The van der Waals surface area contributed by atoms with Gasteiger partial charge in [0.2, 0.25) is 5.91 Å². The van der Waals surface area contributed by atoms with Gasteiger partial charge in [-0.05, 0) is 48.2 Å². The first-order valence-corrected chi connectivity index (χ1v) is 7.97. The third-order valence-electron chi connectivity index (χ3n) is 5.10. The molecule has 22 heavy (non-hydrogen) atoms. The van der Waals surface area contributed by atoms with Crippen molar-refractivity contribution in [1.82, 2.24) is 4.90 Å². The molecule has 4 rings (SSSR count). The average Bonchev–Trinajstić information content (AvgIpc) is 2.89. The zero-order valence-corrected chi connectivity index (χ0v) is 12.5. The largest absolute Gasteiger partial charge is 0.369 e. The number of nitrogens with two attached hydrogens (primary N) is 1. The standard InChI is InChI=1S/C19H20N2O/c20-19(22)13-9-11-21(12-10-13)18-16-7-3-1-5-14(16)15-6-2-4-8-17(15)18/h1-8,13,18H,9-12H2,(H2,20,22). The minimum absolute atomic E-state index is 0.0446. The van der Waals surface area contributed by atoms with Gasteiger partial charge in [0.05, 0.1) is 6.04 Å². The molecule has 1 saturated heterocycles. The summed E-state index contributed by atoms with van der Waals surface area (Å²) in [6.45, 7) is 1.86. The van der Waals surface area contributed by atoms with E-state index in [0.29, 0.717) is 6.04 Å². The molecule has 1 amide bonds. The van der Waals surface area contributed by atoms with Crippen molar-refractivity contribution in [3.8, 4) is 11.1 Å². The highest BCUT2D eigenvalue weighted by Gasteiger charge is 2.35. The van der Waals surface area contributed by atoms with E-state index < -0.39 is 0 Å². The lowest BCUT2D eigenvalue weighted by molar-refractivity contribution is -0.123. The highest BCUT2D eigenvalue weighted by atomic mass is 16.1. The molecule has 2 aromatic rings. The van der Waals surface area contributed by atoms with Gasteiger partial charge in [-0.25, -0.2) is 0 Å². The molecule has 2 aliphatic rings. The van der Waals surface area contributed by atoms with Gasteiger partial charge in [-0.1, -0.05) is 48.5 Å². The SMILES string of the molecule is NC(=O)C1CCN(C2c3ccccc3-c3ccccc32)CC1. The van der Waals surface area contributed by atoms with E-state index in [4.69, 9.17) is 5.73 Å². The Labute approximate surface area is 130 Å². The van der Waals surface area contributed by atoms with Crippen molar-refractivity contribution >= 4 is 5.91 Å². The lowest BCUT2D eigenvalue weighted by Crippen LogP contribution is -2.40. The summed E-state index contributed by atoms with van der Waals surface area (Å²) in [4.78, 5) is 13.9. The number of fused-ring (bicyclic) bond motifs is 3. The van der Waals surface area contributed by atoms with Gasteiger partial charge in [-0.3, -0.25) is 9.69 Å². The second-order valence-corrected chi connectivity index (χ2v) is 6.29. The molecule has 112 valence electrons. The fourth-order valence-corrected chi connectivity index (χ4v) is 3.96. The molecule has 0 bridgehead atoms. The minimum Gasteiger partial charge on any atom is -0.369 e. The average molecular weight is 292 g/mol. The number of likely N-dealkylation sites (tertiary alicyclic amines) is 1. The van der Waals surface area contributed by atoms with Gasteiger partial charge in [0.15, 0.2) is 0 Å². The maximum Gasteiger partial charge on any atom is 0.220 e. The Balaban J connectivity index is 1.69. The van der Waals surface area contributed by atoms with Crippen LogP contribution in [0.1, 0.15) is 30.0 Å². The van der Waals surface area contributed by atoms with Crippen molar-refractivity contribution in [1.29, 1.82) is 0 Å². The first kappa shape index (κ1) is 13.5. The highest BCUT2D eigenvalue weighted by molar-refractivity contribution is 5.79. The molecule has 3 nitrogen and oxygen atoms in total. The Morgan fingerprint density at radius 2 is 1.41 bits per heavy atom. The smallest absolute Gasteiger partial charge is 0.220 e. The number of carbonyl (C=O) groups excluding carboxylic acids is 1. The minimum atomic E-state index is -0.146. The molecule has 2 aromatic carbocycles. The van der Waals surface area contributed by atoms with E-state index in [0.717, 1.165) is 25.9 Å². The van der Waals surface area contributed by atoms with Crippen molar-refractivity contribution < 1.29 is 4.79 Å². The van der Waals surface area contributed by atoms with Crippen molar-refractivity contribution in [2.45, 2.75) is 18.9 Å². The number of nitrogens with zero attached hydrogens (tertiary/aromatic N) is 1. The molecule has 0 atom stereocenters. The maximum atomic E-state index is 11.4. The number of benzene rings is 2. The molecular formula is C19H20N2O. The van der Waals surface area contributed by atoms with Gasteiger partial charge in [0, 0.05) is 5.92 Å². The summed E-state index contributed by atoms with van der Waals surface area (Å²) in [7, 11) is 0. The maximum absolute atomic E-state index is 11.4. The van der Waals surface area contributed by atoms with Crippen LogP contribution in [-0.4, -0.2) is 23.9 Å². The van der Waals surface area contributed by atoms with Gasteiger partial charge in [-0.15, -0.1) is 0 Å². The molecule has 0 radical (unpaired) electrons. The van der Waals surface area contributed by atoms with Gasteiger partial charge in [0.1, 0.15) is 0 Å². The molecule has 1 fully saturated rings. The number of amides is 1. The van der Waals surface area contributed by atoms with Gasteiger partial charge < -0.3 is 5.73 Å². The van der Waals surface area contributed by atoms with Crippen LogP contribution in [0.5, 0.6) is 0 Å². The molecular weight excluding hydrogens is 272 g/mol. The molecule has 1 heterocycles. The van der Waals surface area contributed by atoms with Crippen LogP contribution in [-0.2, 0) is 4.79 Å². The summed E-state index contributed by atoms with van der Waals surface area (Å²) in [5, 5.41) is 0. The van der Waals surface area contributed by atoms with E-state index in [1.807, 2.05) is 0 Å². The first-order valence-electron chi connectivity index (χ1n) is 7.97. The van der Waals surface area contributed by atoms with Crippen LogP contribution in [0.4, 0.5) is 0 Å². The number of hydrogen-bond acceptors (Lipinski definition) is 2. The van der Waals surface area contributed by atoms with Gasteiger partial charge in [0.25, 0.3) is 0 Å². The van der Waals surface area contributed by atoms with E-state index in [-0.39, 0.29) is 11.8 Å². The summed E-state index contributed by atoms with van der Waals surface area (Å²) >= 11 is 0. The molecule has 1 aliphatic heterocycles. The Morgan fingerprint density at radius 3 is 1.91 bits per heavy atom. The van der Waals surface area contributed by atoms with Crippen molar-refractivity contribution in [3.63, 3.8) is 0 Å². The van der Waals surface area contributed by atoms with E-state index >= 15 is 0 Å². The Morgan fingerprint density at radius 1 is 0.909 bits per heavy atom. The third-order valence-corrected chi connectivity index (χ3v) is 5.10. The summed E-state index contributed by atoms with van der Waals surface area (Å²) in [6, 6.07) is 17.7. The lowest BCUT2D eigenvalue weighted by atomic mass is 9.93. The highest BCUT2D eigenvalue weighted by Crippen LogP contribution is 2.46. The van der Waals surface area contributed by atoms with Crippen LogP contribution in [0.15, 0.2) is 48.5 Å². The summed E-state index contributed by atoms with van der Waals surface area (Å²) in [5.41, 5.74) is 10.9. The fraction of sp³-hybridized carbons (Fsp3) is 0.316. The molecule has 0 saturated carbocycles. The molecule has 0 spiro atoms. The summed E-state index contributed by atoms with van der Waals surface area (Å²) < 4.78 is 0. The predicted octanol–water partition coefficient (Wildman–Crippen LogP) is 2.95. The molecule has 2 N–H and O–H groups in total. The van der Waals surface area contributed by atoms with Gasteiger partial charge >= 0.3 is 0 Å². The Hall–Kier alpha value is -2.13. The van der Waals surface area contributed by atoms with Crippen molar-refractivity contribution in [2.24, 2.45) is 11.7 Å². The Bertz CT molecular complexity index is 671. The molecule has 0 aromatic heterocycles. The van der Waals surface area contributed by atoms with E-state index in [2.05, 4.69) is 53.4 Å². The zero-order valence-electron chi connectivity index (χ0n) is 12.5.